The summed E-state index contributed by atoms with van der Waals surface area (Å²) in [5, 5.41) is 2.96. The molecule has 0 aliphatic carbocycles. The Labute approximate surface area is 127 Å². The highest BCUT2D eigenvalue weighted by atomic mass is 16.1. The Morgan fingerprint density at radius 2 is 2.05 bits per heavy atom. The number of carbonyl (C=O) groups excluding carboxylic acids is 1. The van der Waals surface area contributed by atoms with Crippen molar-refractivity contribution >= 4 is 11.7 Å². The van der Waals surface area contributed by atoms with Gasteiger partial charge in [0.05, 0.1) is 0 Å². The Balaban J connectivity index is 2.84. The second kappa shape index (κ2) is 7.38. The number of nitrogens with two attached hydrogens (primary N) is 1. The zero-order valence-electron chi connectivity index (χ0n) is 13.7. The predicted octanol–water partition coefficient (Wildman–Crippen LogP) is 1.39. The predicted molar refractivity (Wildman–Crippen MR) is 86.1 cm³/mol. The number of rotatable bonds is 7. The smallest absolute Gasteiger partial charge is 0.251 e. The number of hydrogen-bond acceptors (Lipinski definition) is 5. The van der Waals surface area contributed by atoms with Crippen molar-refractivity contribution in [1.29, 1.82) is 0 Å². The molecule has 6 nitrogen and oxygen atoms in total. The maximum absolute atomic E-state index is 12.3. The number of carbonyl (C=O) groups is 1. The SMILES string of the molecule is CCCc1cc(C(=O)NCC(C)(C)N(C)C)cc(NN)n1. The first kappa shape index (κ1) is 17.4. The number of anilines is 1. The quantitative estimate of drug-likeness (QED) is 0.523. The maximum Gasteiger partial charge on any atom is 0.251 e. The molecule has 0 saturated heterocycles. The number of aryl methyl sites for hydroxylation is 1. The Bertz CT molecular complexity index is 485. The molecule has 0 aliphatic rings. The fourth-order valence-electron chi connectivity index (χ4n) is 1.73. The summed E-state index contributed by atoms with van der Waals surface area (Å²) < 4.78 is 0. The van der Waals surface area contributed by atoms with E-state index in [1.807, 2.05) is 20.2 Å². The zero-order valence-corrected chi connectivity index (χ0v) is 13.7. The Morgan fingerprint density at radius 3 is 2.57 bits per heavy atom. The summed E-state index contributed by atoms with van der Waals surface area (Å²) in [5.74, 6) is 5.82. The first-order chi connectivity index (χ1) is 9.80. The molecule has 1 aromatic heterocycles. The third kappa shape index (κ3) is 4.99. The van der Waals surface area contributed by atoms with Crippen molar-refractivity contribution < 1.29 is 4.79 Å². The summed E-state index contributed by atoms with van der Waals surface area (Å²) in [6, 6.07) is 3.49. The number of nitrogen functional groups attached to an aromatic ring is 1. The van der Waals surface area contributed by atoms with Crippen molar-refractivity contribution in [3.8, 4) is 0 Å². The van der Waals surface area contributed by atoms with Crippen LogP contribution in [0.3, 0.4) is 0 Å². The third-order valence-corrected chi connectivity index (χ3v) is 3.69. The van der Waals surface area contributed by atoms with Crippen LogP contribution >= 0.6 is 0 Å². The van der Waals surface area contributed by atoms with Crippen LogP contribution in [0.1, 0.15) is 43.2 Å². The lowest BCUT2D eigenvalue weighted by Gasteiger charge is -2.32. The molecule has 1 aromatic rings. The van der Waals surface area contributed by atoms with Crippen LogP contribution in [0.2, 0.25) is 0 Å². The Morgan fingerprint density at radius 1 is 1.38 bits per heavy atom. The van der Waals surface area contributed by atoms with E-state index in [-0.39, 0.29) is 11.4 Å². The molecule has 0 unspecified atom stereocenters. The van der Waals surface area contributed by atoms with Crippen LogP contribution < -0.4 is 16.6 Å². The van der Waals surface area contributed by atoms with Crippen molar-refractivity contribution in [3.63, 3.8) is 0 Å². The fourth-order valence-corrected chi connectivity index (χ4v) is 1.73. The van der Waals surface area contributed by atoms with Gasteiger partial charge in [-0.3, -0.25) is 4.79 Å². The molecule has 21 heavy (non-hydrogen) atoms. The average Bonchev–Trinajstić information content (AvgIpc) is 2.44. The molecular weight excluding hydrogens is 266 g/mol. The minimum Gasteiger partial charge on any atom is -0.350 e. The molecular formula is C15H27N5O. The molecule has 118 valence electrons. The molecule has 0 saturated carbocycles. The average molecular weight is 293 g/mol. The van der Waals surface area contributed by atoms with Crippen LogP contribution in [0.4, 0.5) is 5.82 Å². The maximum atomic E-state index is 12.3. The van der Waals surface area contributed by atoms with Gasteiger partial charge in [-0.15, -0.1) is 0 Å². The number of nitrogens with one attached hydrogen (secondary N) is 2. The van der Waals surface area contributed by atoms with Gasteiger partial charge in [-0.25, -0.2) is 10.8 Å². The van der Waals surface area contributed by atoms with E-state index in [0.29, 0.717) is 17.9 Å². The summed E-state index contributed by atoms with van der Waals surface area (Å²) in [6.07, 6.45) is 1.79. The minimum atomic E-state index is -0.110. The molecule has 4 N–H and O–H groups in total. The molecule has 0 spiro atoms. The van der Waals surface area contributed by atoms with Crippen LogP contribution in [0.25, 0.3) is 0 Å². The molecule has 1 rings (SSSR count). The number of hydrazine groups is 1. The summed E-state index contributed by atoms with van der Waals surface area (Å²) in [7, 11) is 3.99. The highest BCUT2D eigenvalue weighted by molar-refractivity contribution is 5.95. The van der Waals surface area contributed by atoms with Crippen LogP contribution in [-0.4, -0.2) is 42.0 Å². The lowest BCUT2D eigenvalue weighted by Crippen LogP contribution is -2.48. The van der Waals surface area contributed by atoms with Gasteiger partial charge in [-0.05, 0) is 46.5 Å². The summed E-state index contributed by atoms with van der Waals surface area (Å²) >= 11 is 0. The normalized spacial score (nSPS) is 11.6. The van der Waals surface area contributed by atoms with Crippen LogP contribution in [0.5, 0.6) is 0 Å². The molecule has 1 amide bonds. The standard InChI is InChI=1S/C15H27N5O/c1-6-7-12-8-11(9-13(18-12)19-16)14(21)17-10-15(2,3)20(4)5/h8-9H,6-7,10,16H2,1-5H3,(H,17,21)(H,18,19). The van der Waals surface area contributed by atoms with Gasteiger partial charge in [0.25, 0.3) is 5.91 Å². The fraction of sp³-hybridized carbons (Fsp3) is 0.600. The van der Waals surface area contributed by atoms with E-state index in [1.54, 1.807) is 6.07 Å². The van der Waals surface area contributed by atoms with Crippen LogP contribution in [0.15, 0.2) is 12.1 Å². The first-order valence-electron chi connectivity index (χ1n) is 7.23. The van der Waals surface area contributed by atoms with Crippen molar-refractivity contribution in [2.45, 2.75) is 39.2 Å². The van der Waals surface area contributed by atoms with Gasteiger partial charge < -0.3 is 15.6 Å². The lowest BCUT2D eigenvalue weighted by molar-refractivity contribution is 0.0919. The van der Waals surface area contributed by atoms with Gasteiger partial charge in [0.1, 0.15) is 5.82 Å². The minimum absolute atomic E-state index is 0.107. The van der Waals surface area contributed by atoms with E-state index < -0.39 is 0 Å². The van der Waals surface area contributed by atoms with Gasteiger partial charge in [0, 0.05) is 23.3 Å². The van der Waals surface area contributed by atoms with E-state index in [9.17, 15) is 4.79 Å². The largest absolute Gasteiger partial charge is 0.350 e. The van der Waals surface area contributed by atoms with Gasteiger partial charge in [-0.2, -0.15) is 0 Å². The second-order valence-electron chi connectivity index (χ2n) is 6.02. The third-order valence-electron chi connectivity index (χ3n) is 3.69. The number of pyridine rings is 1. The van der Waals surface area contributed by atoms with Crippen molar-refractivity contribution in [2.24, 2.45) is 5.84 Å². The molecule has 0 aromatic carbocycles. The number of amides is 1. The topological polar surface area (TPSA) is 83.3 Å². The van der Waals surface area contributed by atoms with Gasteiger partial charge in [0.15, 0.2) is 0 Å². The highest BCUT2D eigenvalue weighted by Gasteiger charge is 2.21. The van der Waals surface area contributed by atoms with Gasteiger partial charge in [0.2, 0.25) is 0 Å². The molecule has 0 atom stereocenters. The van der Waals surface area contributed by atoms with Crippen LogP contribution in [0, 0.1) is 0 Å². The van der Waals surface area contributed by atoms with Crippen molar-refractivity contribution in [1.82, 2.24) is 15.2 Å². The van der Waals surface area contributed by atoms with E-state index >= 15 is 0 Å². The molecule has 0 radical (unpaired) electrons. The first-order valence-corrected chi connectivity index (χ1v) is 7.23. The molecule has 1 heterocycles. The number of nitrogens with zero attached hydrogens (tertiary/aromatic N) is 2. The number of aromatic nitrogens is 1. The summed E-state index contributed by atoms with van der Waals surface area (Å²) in [5.41, 5.74) is 3.85. The lowest BCUT2D eigenvalue weighted by atomic mass is 10.0. The summed E-state index contributed by atoms with van der Waals surface area (Å²) in [6.45, 7) is 6.80. The zero-order chi connectivity index (χ0) is 16.0. The summed E-state index contributed by atoms with van der Waals surface area (Å²) in [4.78, 5) is 18.7. The van der Waals surface area contributed by atoms with Crippen LogP contribution in [-0.2, 0) is 6.42 Å². The monoisotopic (exact) mass is 293 g/mol. The number of hydrogen-bond donors (Lipinski definition) is 3. The second-order valence-corrected chi connectivity index (χ2v) is 6.02. The Hall–Kier alpha value is -1.66. The molecule has 0 fully saturated rings. The van der Waals surface area contributed by atoms with Crippen molar-refractivity contribution in [2.75, 3.05) is 26.1 Å². The van der Waals surface area contributed by atoms with Crippen molar-refractivity contribution in [3.05, 3.63) is 23.4 Å². The number of likely N-dealkylation sites (N-methyl/N-ethyl adjacent to an activating group) is 1. The Kier molecular flexibility index (Phi) is 6.11. The van der Waals surface area contributed by atoms with E-state index in [1.165, 1.54) is 0 Å². The van der Waals surface area contributed by atoms with E-state index in [0.717, 1.165) is 18.5 Å². The van der Waals surface area contributed by atoms with Gasteiger partial charge >= 0.3 is 0 Å². The molecule has 0 bridgehead atoms. The van der Waals surface area contributed by atoms with Gasteiger partial charge in [-0.1, -0.05) is 13.3 Å². The van der Waals surface area contributed by atoms with E-state index in [2.05, 4.69) is 41.4 Å². The van der Waals surface area contributed by atoms with E-state index in [4.69, 9.17) is 5.84 Å². The highest BCUT2D eigenvalue weighted by Crippen LogP contribution is 2.13. The molecule has 6 heteroatoms. The molecule has 0 aliphatic heterocycles.